The van der Waals surface area contributed by atoms with Gasteiger partial charge in [0, 0.05) is 5.92 Å². The zero-order chi connectivity index (χ0) is 14.8. The molecule has 1 spiro atoms. The highest BCUT2D eigenvalue weighted by Crippen LogP contribution is 2.55. The molecule has 0 aromatic heterocycles. The summed E-state index contributed by atoms with van der Waals surface area (Å²) in [6.07, 6.45) is 7.80. The van der Waals surface area contributed by atoms with Gasteiger partial charge in [-0.1, -0.05) is 12.2 Å². The number of fused-ring (bicyclic) bond motifs is 2. The zero-order valence-corrected chi connectivity index (χ0v) is 12.4. The van der Waals surface area contributed by atoms with Crippen LogP contribution in [-0.4, -0.2) is 35.2 Å². The SMILES string of the molecule is C[C@H]1C[C@H]2C(=O)N[C@@]3(C(=O)O[C@H]3[C@@H]3C=CCCC3)[C@@]2(C)O1. The summed E-state index contributed by atoms with van der Waals surface area (Å²) in [4.78, 5) is 24.7. The molecule has 1 aliphatic carbocycles. The molecule has 3 aliphatic heterocycles. The number of amides is 1. The van der Waals surface area contributed by atoms with Crippen LogP contribution in [0.25, 0.3) is 0 Å². The Labute approximate surface area is 124 Å². The lowest BCUT2D eigenvalue weighted by Crippen LogP contribution is -2.79. The minimum Gasteiger partial charge on any atom is -0.457 e. The molecule has 0 unspecified atom stereocenters. The molecule has 6 atom stereocenters. The van der Waals surface area contributed by atoms with E-state index in [4.69, 9.17) is 9.47 Å². The Bertz CT molecular complexity index is 544. The van der Waals surface area contributed by atoms with Crippen molar-refractivity contribution in [3.8, 4) is 0 Å². The van der Waals surface area contributed by atoms with Gasteiger partial charge in [0.05, 0.1) is 12.0 Å². The van der Waals surface area contributed by atoms with Gasteiger partial charge in [-0.3, -0.25) is 4.79 Å². The fourth-order valence-electron chi connectivity index (χ4n) is 4.70. The second-order valence-electron chi connectivity index (χ2n) is 6.97. The molecule has 3 fully saturated rings. The van der Waals surface area contributed by atoms with Crippen LogP contribution in [0.3, 0.4) is 0 Å². The topological polar surface area (TPSA) is 64.6 Å². The number of rotatable bonds is 1. The molecule has 0 radical (unpaired) electrons. The summed E-state index contributed by atoms with van der Waals surface area (Å²) < 4.78 is 11.6. The molecule has 5 nitrogen and oxygen atoms in total. The summed E-state index contributed by atoms with van der Waals surface area (Å²) in [6.45, 7) is 3.86. The summed E-state index contributed by atoms with van der Waals surface area (Å²) in [7, 11) is 0. The van der Waals surface area contributed by atoms with Crippen molar-refractivity contribution in [2.45, 2.75) is 62.9 Å². The summed E-state index contributed by atoms with van der Waals surface area (Å²) in [5.41, 5.74) is -1.78. The van der Waals surface area contributed by atoms with Crippen LogP contribution in [0.15, 0.2) is 12.2 Å². The van der Waals surface area contributed by atoms with E-state index in [1.54, 1.807) is 0 Å². The Morgan fingerprint density at radius 3 is 2.86 bits per heavy atom. The van der Waals surface area contributed by atoms with Crippen molar-refractivity contribution < 1.29 is 19.1 Å². The minimum atomic E-state index is -0.994. The number of hydrogen-bond donors (Lipinski definition) is 1. The number of carbonyl (C=O) groups is 2. The number of esters is 1. The quantitative estimate of drug-likeness (QED) is 0.584. The van der Waals surface area contributed by atoms with E-state index < -0.39 is 11.1 Å². The minimum absolute atomic E-state index is 0.00104. The molecule has 3 heterocycles. The smallest absolute Gasteiger partial charge is 0.339 e. The van der Waals surface area contributed by atoms with Gasteiger partial charge in [-0.25, -0.2) is 4.79 Å². The molecule has 4 rings (SSSR count). The predicted molar refractivity (Wildman–Crippen MR) is 74.3 cm³/mol. The summed E-state index contributed by atoms with van der Waals surface area (Å²) >= 11 is 0. The highest BCUT2D eigenvalue weighted by Gasteiger charge is 2.79. The molecule has 0 aromatic carbocycles. The van der Waals surface area contributed by atoms with Crippen LogP contribution in [0, 0.1) is 11.8 Å². The number of carbonyl (C=O) groups excluding carboxylic acids is 2. The zero-order valence-electron chi connectivity index (χ0n) is 12.4. The van der Waals surface area contributed by atoms with Crippen molar-refractivity contribution in [3.63, 3.8) is 0 Å². The van der Waals surface area contributed by atoms with Gasteiger partial charge in [-0.15, -0.1) is 0 Å². The average molecular weight is 291 g/mol. The Morgan fingerprint density at radius 1 is 1.38 bits per heavy atom. The van der Waals surface area contributed by atoms with Gasteiger partial charge in [-0.2, -0.15) is 0 Å². The molecule has 5 heteroatoms. The van der Waals surface area contributed by atoms with Gasteiger partial charge >= 0.3 is 5.97 Å². The maximum atomic E-state index is 12.4. The molecular weight excluding hydrogens is 270 g/mol. The third-order valence-corrected chi connectivity index (χ3v) is 5.76. The molecule has 1 N–H and O–H groups in total. The standard InChI is InChI=1S/C16H21NO4/c1-9-8-11-13(18)17-16(15(11,2)21-9)12(20-14(16)19)10-6-4-3-5-7-10/h4,6,9-12H,3,5,7-8H2,1-2H3,(H,17,18)/t9-,10+,11-,12-,15-,16-/m0/s1. The summed E-state index contributed by atoms with van der Waals surface area (Å²) in [5.74, 6) is -0.482. The van der Waals surface area contributed by atoms with Gasteiger partial charge in [-0.05, 0) is 39.5 Å². The fourth-order valence-corrected chi connectivity index (χ4v) is 4.70. The highest BCUT2D eigenvalue weighted by atomic mass is 16.6. The van der Waals surface area contributed by atoms with Crippen molar-refractivity contribution in [2.75, 3.05) is 0 Å². The monoisotopic (exact) mass is 291 g/mol. The van der Waals surface area contributed by atoms with E-state index >= 15 is 0 Å². The Hall–Kier alpha value is -1.36. The highest BCUT2D eigenvalue weighted by molar-refractivity contribution is 6.00. The van der Waals surface area contributed by atoms with E-state index in [1.807, 2.05) is 13.8 Å². The molecule has 0 saturated carbocycles. The lowest BCUT2D eigenvalue weighted by Gasteiger charge is -2.53. The van der Waals surface area contributed by atoms with Gasteiger partial charge in [0.25, 0.3) is 0 Å². The summed E-state index contributed by atoms with van der Waals surface area (Å²) in [5, 5.41) is 2.95. The van der Waals surface area contributed by atoms with Crippen molar-refractivity contribution in [1.82, 2.24) is 5.32 Å². The molecule has 1 amide bonds. The summed E-state index contributed by atoms with van der Waals surface area (Å²) in [6, 6.07) is 0. The molecule has 3 saturated heterocycles. The second kappa shape index (κ2) is 4.09. The lowest BCUT2D eigenvalue weighted by molar-refractivity contribution is -0.229. The third-order valence-electron chi connectivity index (χ3n) is 5.76. The number of cyclic esters (lactones) is 1. The van der Waals surface area contributed by atoms with E-state index in [0.29, 0.717) is 6.42 Å². The van der Waals surface area contributed by atoms with Crippen molar-refractivity contribution in [3.05, 3.63) is 12.2 Å². The average Bonchev–Trinajstić information content (AvgIpc) is 2.88. The second-order valence-corrected chi connectivity index (χ2v) is 6.97. The third kappa shape index (κ3) is 1.45. The number of ether oxygens (including phenoxy) is 2. The van der Waals surface area contributed by atoms with Crippen LogP contribution >= 0.6 is 0 Å². The molecule has 21 heavy (non-hydrogen) atoms. The Kier molecular flexibility index (Phi) is 2.60. The number of nitrogens with one attached hydrogen (secondary N) is 1. The Morgan fingerprint density at radius 2 is 2.19 bits per heavy atom. The van der Waals surface area contributed by atoms with E-state index in [1.165, 1.54) is 0 Å². The van der Waals surface area contributed by atoms with E-state index in [-0.39, 0.29) is 35.9 Å². The Balaban J connectivity index is 1.74. The van der Waals surface area contributed by atoms with Gasteiger partial charge in [0.15, 0.2) is 0 Å². The van der Waals surface area contributed by atoms with Crippen molar-refractivity contribution >= 4 is 11.9 Å². The van der Waals surface area contributed by atoms with E-state index in [0.717, 1.165) is 19.3 Å². The molecular formula is C16H21NO4. The molecule has 114 valence electrons. The molecule has 0 bridgehead atoms. The van der Waals surface area contributed by atoms with Crippen LogP contribution in [-0.2, 0) is 19.1 Å². The van der Waals surface area contributed by atoms with Crippen LogP contribution in [0.2, 0.25) is 0 Å². The molecule has 4 aliphatic rings. The fraction of sp³-hybridized carbons (Fsp3) is 0.750. The normalized spacial score (nSPS) is 51.5. The van der Waals surface area contributed by atoms with E-state index in [9.17, 15) is 9.59 Å². The number of allylic oxidation sites excluding steroid dienone is 1. The van der Waals surface area contributed by atoms with Gasteiger partial charge in [0.1, 0.15) is 11.7 Å². The maximum Gasteiger partial charge on any atom is 0.339 e. The van der Waals surface area contributed by atoms with Gasteiger partial charge in [0.2, 0.25) is 11.4 Å². The lowest BCUT2D eigenvalue weighted by atomic mass is 9.66. The van der Waals surface area contributed by atoms with Crippen LogP contribution < -0.4 is 5.32 Å². The van der Waals surface area contributed by atoms with Crippen molar-refractivity contribution in [2.24, 2.45) is 11.8 Å². The molecule has 0 aromatic rings. The van der Waals surface area contributed by atoms with Crippen LogP contribution in [0.4, 0.5) is 0 Å². The predicted octanol–water partition coefficient (Wildman–Crippen LogP) is 1.32. The van der Waals surface area contributed by atoms with E-state index in [2.05, 4.69) is 17.5 Å². The first-order chi connectivity index (χ1) is 9.99. The maximum absolute atomic E-state index is 12.4. The van der Waals surface area contributed by atoms with Crippen molar-refractivity contribution in [1.29, 1.82) is 0 Å². The van der Waals surface area contributed by atoms with Gasteiger partial charge < -0.3 is 14.8 Å². The largest absolute Gasteiger partial charge is 0.457 e. The number of hydrogen-bond acceptors (Lipinski definition) is 4. The first kappa shape index (κ1) is 13.3. The van der Waals surface area contributed by atoms with Crippen LogP contribution in [0.5, 0.6) is 0 Å². The first-order valence-corrected chi connectivity index (χ1v) is 7.86. The first-order valence-electron chi connectivity index (χ1n) is 7.86. The van der Waals surface area contributed by atoms with Crippen LogP contribution in [0.1, 0.15) is 39.5 Å².